The Labute approximate surface area is 111 Å². The maximum absolute atomic E-state index is 10.6. The molecule has 0 atom stereocenters. The lowest BCUT2D eigenvalue weighted by molar-refractivity contribution is 0.112. The zero-order valence-electron chi connectivity index (χ0n) is 8.24. The monoisotopic (exact) mass is 314 g/mol. The molecule has 1 aromatic heterocycles. The number of hydrogen-bond donors (Lipinski definition) is 0. The van der Waals surface area contributed by atoms with Gasteiger partial charge in [-0.1, -0.05) is 39.7 Å². The number of carbonyl (C=O) groups is 1. The molecule has 82 valence electrons. The molecule has 0 bridgehead atoms. The van der Waals surface area contributed by atoms with Gasteiger partial charge < -0.3 is 0 Å². The van der Waals surface area contributed by atoms with Gasteiger partial charge in [0.1, 0.15) is 0 Å². The second-order valence-corrected chi connectivity index (χ2v) is 5.97. The third kappa shape index (κ3) is 2.73. The van der Waals surface area contributed by atoms with E-state index >= 15 is 0 Å². The first-order chi connectivity index (χ1) is 7.69. The van der Waals surface area contributed by atoms with E-state index in [-0.39, 0.29) is 0 Å². The molecule has 0 amide bonds. The number of rotatable bonds is 3. The SMILES string of the molecule is O=Cc1cc(Cc2cccc(Br)c2)c(Cl)s1. The molecule has 0 N–H and O–H groups in total. The molecule has 2 aromatic rings. The van der Waals surface area contributed by atoms with E-state index in [0.717, 1.165) is 22.7 Å². The van der Waals surface area contributed by atoms with Gasteiger partial charge in [0.2, 0.25) is 0 Å². The molecule has 0 spiro atoms. The lowest BCUT2D eigenvalue weighted by atomic mass is 10.1. The molecule has 1 nitrogen and oxygen atoms in total. The molecule has 4 heteroatoms. The minimum atomic E-state index is 0.676. The minimum Gasteiger partial charge on any atom is -0.297 e. The summed E-state index contributed by atoms with van der Waals surface area (Å²) < 4.78 is 1.74. The zero-order valence-corrected chi connectivity index (χ0v) is 11.4. The smallest absolute Gasteiger partial charge is 0.160 e. The Balaban J connectivity index is 2.26. The van der Waals surface area contributed by atoms with E-state index in [4.69, 9.17) is 11.6 Å². The van der Waals surface area contributed by atoms with Crippen molar-refractivity contribution < 1.29 is 4.79 Å². The molecule has 16 heavy (non-hydrogen) atoms. The summed E-state index contributed by atoms with van der Waals surface area (Å²) in [6.45, 7) is 0. The van der Waals surface area contributed by atoms with Crippen molar-refractivity contribution in [2.75, 3.05) is 0 Å². The fraction of sp³-hybridized carbons (Fsp3) is 0.0833. The van der Waals surface area contributed by atoms with Crippen LogP contribution in [0.25, 0.3) is 0 Å². The van der Waals surface area contributed by atoms with E-state index in [1.807, 2.05) is 24.3 Å². The second kappa shape index (κ2) is 5.13. The molecule has 0 unspecified atom stereocenters. The van der Waals surface area contributed by atoms with Crippen LogP contribution < -0.4 is 0 Å². The number of halogens is 2. The van der Waals surface area contributed by atoms with Crippen molar-refractivity contribution in [3.05, 3.63) is 55.1 Å². The summed E-state index contributed by atoms with van der Waals surface area (Å²) in [5, 5.41) is 0. The largest absolute Gasteiger partial charge is 0.297 e. The molecule has 0 saturated carbocycles. The van der Waals surface area contributed by atoms with E-state index in [0.29, 0.717) is 9.21 Å². The van der Waals surface area contributed by atoms with Crippen LogP contribution >= 0.6 is 38.9 Å². The highest BCUT2D eigenvalue weighted by molar-refractivity contribution is 9.10. The van der Waals surface area contributed by atoms with Gasteiger partial charge in [0.15, 0.2) is 6.29 Å². The number of hydrogen-bond acceptors (Lipinski definition) is 2. The summed E-state index contributed by atoms with van der Waals surface area (Å²) in [4.78, 5) is 11.3. The predicted octanol–water partition coefficient (Wildman–Crippen LogP) is 4.57. The van der Waals surface area contributed by atoms with Gasteiger partial charge in [0, 0.05) is 4.47 Å². The number of benzene rings is 1. The lowest BCUT2D eigenvalue weighted by Crippen LogP contribution is -1.86. The molecule has 2 rings (SSSR count). The second-order valence-electron chi connectivity index (χ2n) is 3.37. The van der Waals surface area contributed by atoms with Gasteiger partial charge in [0.25, 0.3) is 0 Å². The third-order valence-electron chi connectivity index (χ3n) is 2.18. The van der Waals surface area contributed by atoms with Crippen molar-refractivity contribution in [1.29, 1.82) is 0 Å². The van der Waals surface area contributed by atoms with E-state index < -0.39 is 0 Å². The standard InChI is InChI=1S/C12H8BrClOS/c13-10-3-1-2-8(5-10)4-9-6-11(7-15)16-12(9)14/h1-3,5-7H,4H2. The van der Waals surface area contributed by atoms with Crippen molar-refractivity contribution >= 4 is 45.2 Å². The van der Waals surface area contributed by atoms with Crippen molar-refractivity contribution in [3.8, 4) is 0 Å². The first-order valence-electron chi connectivity index (χ1n) is 4.67. The van der Waals surface area contributed by atoms with Gasteiger partial charge >= 0.3 is 0 Å². The Hall–Kier alpha value is -0.640. The molecule has 1 aromatic carbocycles. The molecular weight excluding hydrogens is 308 g/mol. The molecule has 0 radical (unpaired) electrons. The van der Waals surface area contributed by atoms with Crippen LogP contribution in [0.3, 0.4) is 0 Å². The maximum atomic E-state index is 10.6. The van der Waals surface area contributed by atoms with Gasteiger partial charge in [-0.05, 0) is 35.7 Å². The highest BCUT2D eigenvalue weighted by Gasteiger charge is 2.07. The Kier molecular flexibility index (Phi) is 3.79. The third-order valence-corrected chi connectivity index (χ3v) is 4.03. The fourth-order valence-electron chi connectivity index (χ4n) is 1.47. The maximum Gasteiger partial charge on any atom is 0.160 e. The van der Waals surface area contributed by atoms with Crippen LogP contribution in [0, 0.1) is 0 Å². The van der Waals surface area contributed by atoms with Crippen LogP contribution in [-0.2, 0) is 6.42 Å². The van der Waals surface area contributed by atoms with Crippen LogP contribution in [0.1, 0.15) is 20.8 Å². The summed E-state index contributed by atoms with van der Waals surface area (Å²) in [6, 6.07) is 9.91. The van der Waals surface area contributed by atoms with Crippen molar-refractivity contribution in [1.82, 2.24) is 0 Å². The Bertz CT molecular complexity index is 521. The Morgan fingerprint density at radius 3 is 2.81 bits per heavy atom. The average molecular weight is 316 g/mol. The summed E-state index contributed by atoms with van der Waals surface area (Å²) in [5.41, 5.74) is 2.18. The quantitative estimate of drug-likeness (QED) is 0.758. The van der Waals surface area contributed by atoms with Gasteiger partial charge in [0.05, 0.1) is 9.21 Å². The van der Waals surface area contributed by atoms with E-state index in [1.165, 1.54) is 16.9 Å². The van der Waals surface area contributed by atoms with Crippen molar-refractivity contribution in [2.45, 2.75) is 6.42 Å². The topological polar surface area (TPSA) is 17.1 Å². The number of thiophene rings is 1. The molecule has 0 aliphatic rings. The predicted molar refractivity (Wildman–Crippen MR) is 71.7 cm³/mol. The van der Waals surface area contributed by atoms with E-state index in [9.17, 15) is 4.79 Å². The average Bonchev–Trinajstić information content (AvgIpc) is 2.60. The molecule has 0 aliphatic heterocycles. The molecule has 0 fully saturated rings. The Morgan fingerprint density at radius 2 is 2.19 bits per heavy atom. The number of carbonyl (C=O) groups excluding carboxylic acids is 1. The molecule has 0 aliphatic carbocycles. The highest BCUT2D eigenvalue weighted by Crippen LogP contribution is 2.29. The van der Waals surface area contributed by atoms with Crippen molar-refractivity contribution in [2.24, 2.45) is 0 Å². The van der Waals surface area contributed by atoms with E-state index in [1.54, 1.807) is 0 Å². The zero-order chi connectivity index (χ0) is 11.5. The molecule has 1 heterocycles. The first kappa shape index (κ1) is 11.8. The number of aldehydes is 1. The first-order valence-corrected chi connectivity index (χ1v) is 6.65. The lowest BCUT2D eigenvalue weighted by Gasteiger charge is -2.00. The fourth-order valence-corrected chi connectivity index (χ4v) is 3.03. The molecular formula is C12H8BrClOS. The van der Waals surface area contributed by atoms with Gasteiger partial charge in [-0.3, -0.25) is 4.79 Å². The normalized spacial score (nSPS) is 10.4. The van der Waals surface area contributed by atoms with Crippen LogP contribution in [-0.4, -0.2) is 6.29 Å². The summed E-state index contributed by atoms with van der Waals surface area (Å²) in [7, 11) is 0. The summed E-state index contributed by atoms with van der Waals surface area (Å²) in [5.74, 6) is 0. The van der Waals surface area contributed by atoms with Gasteiger partial charge in [-0.15, -0.1) is 11.3 Å². The summed E-state index contributed by atoms with van der Waals surface area (Å²) >= 11 is 10.8. The minimum absolute atomic E-state index is 0.676. The summed E-state index contributed by atoms with van der Waals surface area (Å²) in [6.07, 6.45) is 1.59. The van der Waals surface area contributed by atoms with Crippen LogP contribution in [0.2, 0.25) is 4.34 Å². The van der Waals surface area contributed by atoms with Crippen molar-refractivity contribution in [3.63, 3.8) is 0 Å². The van der Waals surface area contributed by atoms with Gasteiger partial charge in [-0.25, -0.2) is 0 Å². The van der Waals surface area contributed by atoms with Crippen LogP contribution in [0.15, 0.2) is 34.8 Å². The Morgan fingerprint density at radius 1 is 1.38 bits per heavy atom. The van der Waals surface area contributed by atoms with Crippen LogP contribution in [0.4, 0.5) is 0 Å². The van der Waals surface area contributed by atoms with E-state index in [2.05, 4.69) is 22.0 Å². The highest BCUT2D eigenvalue weighted by atomic mass is 79.9. The van der Waals surface area contributed by atoms with Crippen LogP contribution in [0.5, 0.6) is 0 Å². The van der Waals surface area contributed by atoms with Gasteiger partial charge in [-0.2, -0.15) is 0 Å². The molecule has 0 saturated heterocycles.